The maximum Gasteiger partial charge on any atom is 0.406 e. The van der Waals surface area contributed by atoms with Crippen molar-refractivity contribution in [1.82, 2.24) is 15.1 Å². The van der Waals surface area contributed by atoms with E-state index in [0.717, 1.165) is 29.1 Å². The van der Waals surface area contributed by atoms with Crippen LogP contribution in [0.1, 0.15) is 58.3 Å². The monoisotopic (exact) mass is 377 g/mol. The minimum absolute atomic E-state index is 0.0128. The summed E-state index contributed by atoms with van der Waals surface area (Å²) in [5.41, 5.74) is -0.883. The third-order valence-corrected chi connectivity index (χ3v) is 5.01. The van der Waals surface area contributed by atoms with Gasteiger partial charge in [0, 0.05) is 19.5 Å². The number of carbonyl (C=O) groups excluding carboxylic acids is 3. The highest BCUT2D eigenvalue weighted by molar-refractivity contribution is 6.07. The zero-order valence-electron chi connectivity index (χ0n) is 15.0. The predicted octanol–water partition coefficient (Wildman–Crippen LogP) is 2.82. The first-order valence-electron chi connectivity index (χ1n) is 9.17. The van der Waals surface area contributed by atoms with E-state index in [-0.39, 0.29) is 25.4 Å². The molecule has 0 aromatic rings. The van der Waals surface area contributed by atoms with Crippen LogP contribution in [0.5, 0.6) is 0 Å². The van der Waals surface area contributed by atoms with Gasteiger partial charge in [0.15, 0.2) is 0 Å². The van der Waals surface area contributed by atoms with Crippen molar-refractivity contribution in [2.45, 2.75) is 70.0 Å². The zero-order chi connectivity index (χ0) is 19.4. The number of hydrogen-bond acceptors (Lipinski definition) is 3. The molecule has 1 heterocycles. The van der Waals surface area contributed by atoms with Gasteiger partial charge in [-0.05, 0) is 19.3 Å². The largest absolute Gasteiger partial charge is 0.406 e. The minimum atomic E-state index is -4.48. The van der Waals surface area contributed by atoms with Crippen LogP contribution in [0.3, 0.4) is 0 Å². The molecule has 0 radical (unpaired) electrons. The SMILES string of the molecule is CCCCN(CC(F)(F)F)C(=O)CCN1C(=O)NC2(CCCCC2)C1=O. The van der Waals surface area contributed by atoms with E-state index in [2.05, 4.69) is 5.32 Å². The van der Waals surface area contributed by atoms with Gasteiger partial charge in [0.25, 0.3) is 5.91 Å². The molecule has 9 heteroatoms. The molecule has 0 unspecified atom stereocenters. The number of halogens is 3. The highest BCUT2D eigenvalue weighted by Crippen LogP contribution is 2.33. The molecule has 2 rings (SSSR count). The molecule has 0 atom stereocenters. The second kappa shape index (κ2) is 8.26. The Bertz CT molecular complexity index is 545. The van der Waals surface area contributed by atoms with Gasteiger partial charge in [0.2, 0.25) is 5.91 Å². The number of carbonyl (C=O) groups is 3. The van der Waals surface area contributed by atoms with E-state index >= 15 is 0 Å². The molecule has 0 bridgehead atoms. The quantitative estimate of drug-likeness (QED) is 0.694. The summed E-state index contributed by atoms with van der Waals surface area (Å²) in [5.74, 6) is -1.05. The average molecular weight is 377 g/mol. The van der Waals surface area contributed by atoms with E-state index in [9.17, 15) is 27.6 Å². The summed E-state index contributed by atoms with van der Waals surface area (Å²) in [6.45, 7) is 0.341. The number of nitrogens with zero attached hydrogens (tertiary/aromatic N) is 2. The summed E-state index contributed by atoms with van der Waals surface area (Å²) < 4.78 is 38.0. The fourth-order valence-electron chi connectivity index (χ4n) is 3.60. The van der Waals surface area contributed by atoms with Crippen LogP contribution in [0.25, 0.3) is 0 Å². The number of unbranched alkanes of at least 4 members (excludes halogenated alkanes) is 1. The topological polar surface area (TPSA) is 69.7 Å². The molecule has 0 aromatic carbocycles. The summed E-state index contributed by atoms with van der Waals surface area (Å²) in [6.07, 6.45) is 0.186. The number of alkyl halides is 3. The molecule has 2 fully saturated rings. The number of urea groups is 1. The van der Waals surface area contributed by atoms with E-state index in [0.29, 0.717) is 25.7 Å². The maximum absolute atomic E-state index is 12.7. The van der Waals surface area contributed by atoms with Crippen LogP contribution in [0.15, 0.2) is 0 Å². The molecule has 1 aliphatic heterocycles. The lowest BCUT2D eigenvalue weighted by Gasteiger charge is -2.30. The van der Waals surface area contributed by atoms with Crippen molar-refractivity contribution in [3.8, 4) is 0 Å². The van der Waals surface area contributed by atoms with E-state index in [1.807, 2.05) is 6.92 Å². The Morgan fingerprint density at radius 2 is 1.88 bits per heavy atom. The number of hydrogen-bond donors (Lipinski definition) is 1. The summed E-state index contributed by atoms with van der Waals surface area (Å²) in [6, 6.07) is -0.555. The van der Waals surface area contributed by atoms with Gasteiger partial charge in [-0.1, -0.05) is 32.6 Å². The average Bonchev–Trinajstić information content (AvgIpc) is 2.79. The van der Waals surface area contributed by atoms with Crippen LogP contribution in [0.4, 0.5) is 18.0 Å². The molecule has 0 aromatic heterocycles. The van der Waals surface area contributed by atoms with Gasteiger partial charge in [0.05, 0.1) is 0 Å². The molecule has 6 nitrogen and oxygen atoms in total. The van der Waals surface area contributed by atoms with Crippen LogP contribution >= 0.6 is 0 Å². The normalized spacial score (nSPS) is 19.8. The standard InChI is InChI=1S/C17H26F3N3O3/c1-2-3-10-22(12-17(18,19)20)13(24)7-11-23-14(25)16(21-15(23)26)8-5-4-6-9-16/h2-12H2,1H3,(H,21,26). The minimum Gasteiger partial charge on any atom is -0.334 e. The summed E-state index contributed by atoms with van der Waals surface area (Å²) in [4.78, 5) is 38.7. The number of rotatable bonds is 7. The number of amides is 4. The highest BCUT2D eigenvalue weighted by atomic mass is 19.4. The first-order chi connectivity index (χ1) is 12.2. The molecular weight excluding hydrogens is 351 g/mol. The fourth-order valence-corrected chi connectivity index (χ4v) is 3.60. The summed E-state index contributed by atoms with van der Waals surface area (Å²) >= 11 is 0. The van der Waals surface area contributed by atoms with E-state index in [4.69, 9.17) is 0 Å². The smallest absolute Gasteiger partial charge is 0.334 e. The maximum atomic E-state index is 12.7. The van der Waals surface area contributed by atoms with Crippen molar-refractivity contribution < 1.29 is 27.6 Å². The predicted molar refractivity (Wildman–Crippen MR) is 88.2 cm³/mol. The Kier molecular flexibility index (Phi) is 6.52. The lowest BCUT2D eigenvalue weighted by atomic mass is 9.82. The second-order valence-corrected chi connectivity index (χ2v) is 7.06. The highest BCUT2D eigenvalue weighted by Gasteiger charge is 2.51. The molecule has 1 spiro atoms. The molecular formula is C17H26F3N3O3. The third-order valence-electron chi connectivity index (χ3n) is 5.01. The van der Waals surface area contributed by atoms with Gasteiger partial charge >= 0.3 is 12.2 Å². The van der Waals surface area contributed by atoms with Crippen molar-refractivity contribution in [2.24, 2.45) is 0 Å². The van der Waals surface area contributed by atoms with Gasteiger partial charge in [-0.3, -0.25) is 14.5 Å². The molecule has 1 saturated carbocycles. The van der Waals surface area contributed by atoms with Crippen molar-refractivity contribution in [1.29, 1.82) is 0 Å². The lowest BCUT2D eigenvalue weighted by molar-refractivity contribution is -0.161. The van der Waals surface area contributed by atoms with Crippen molar-refractivity contribution in [3.05, 3.63) is 0 Å². The van der Waals surface area contributed by atoms with Gasteiger partial charge in [-0.25, -0.2) is 4.79 Å². The molecule has 148 valence electrons. The molecule has 26 heavy (non-hydrogen) atoms. The van der Waals surface area contributed by atoms with E-state index in [1.54, 1.807) is 0 Å². The molecule has 1 N–H and O–H groups in total. The van der Waals surface area contributed by atoms with E-state index in [1.165, 1.54) is 0 Å². The van der Waals surface area contributed by atoms with Gasteiger partial charge < -0.3 is 10.2 Å². The van der Waals surface area contributed by atoms with Gasteiger partial charge in [-0.15, -0.1) is 0 Å². The number of nitrogens with one attached hydrogen (secondary N) is 1. The zero-order valence-corrected chi connectivity index (χ0v) is 15.0. The Balaban J connectivity index is 1.96. The van der Waals surface area contributed by atoms with Crippen LogP contribution < -0.4 is 5.32 Å². The fraction of sp³-hybridized carbons (Fsp3) is 0.824. The number of imide groups is 1. The van der Waals surface area contributed by atoms with Crippen molar-refractivity contribution >= 4 is 17.8 Å². The van der Waals surface area contributed by atoms with Crippen molar-refractivity contribution in [2.75, 3.05) is 19.6 Å². The Morgan fingerprint density at radius 3 is 2.46 bits per heavy atom. The van der Waals surface area contributed by atoms with Crippen molar-refractivity contribution in [3.63, 3.8) is 0 Å². The summed E-state index contributed by atoms with van der Waals surface area (Å²) in [7, 11) is 0. The Morgan fingerprint density at radius 1 is 1.23 bits per heavy atom. The Labute approximate surface area is 151 Å². The first-order valence-corrected chi connectivity index (χ1v) is 9.17. The summed E-state index contributed by atoms with van der Waals surface area (Å²) in [5, 5.41) is 2.73. The molecule has 1 aliphatic carbocycles. The van der Waals surface area contributed by atoms with Crippen LogP contribution in [0.2, 0.25) is 0 Å². The molecule has 2 aliphatic rings. The van der Waals surface area contributed by atoms with Crippen LogP contribution in [-0.2, 0) is 9.59 Å². The Hall–Kier alpha value is -1.80. The van der Waals surface area contributed by atoms with E-state index < -0.39 is 30.2 Å². The first kappa shape index (κ1) is 20.5. The van der Waals surface area contributed by atoms with Crippen LogP contribution in [-0.4, -0.2) is 59.0 Å². The second-order valence-electron chi connectivity index (χ2n) is 7.06. The molecule has 1 saturated heterocycles. The lowest BCUT2D eigenvalue weighted by Crippen LogP contribution is -2.48. The van der Waals surface area contributed by atoms with Gasteiger partial charge in [0.1, 0.15) is 12.1 Å². The van der Waals surface area contributed by atoms with Gasteiger partial charge in [-0.2, -0.15) is 13.2 Å². The third kappa shape index (κ3) is 4.88. The molecule has 4 amide bonds. The van der Waals surface area contributed by atoms with Crippen LogP contribution in [0, 0.1) is 0 Å².